The summed E-state index contributed by atoms with van der Waals surface area (Å²) in [6, 6.07) is 8.35. The molecule has 1 aromatic heterocycles. The number of aromatic nitrogens is 2. The van der Waals surface area contributed by atoms with Crippen LogP contribution < -0.4 is 4.74 Å². The highest BCUT2D eigenvalue weighted by atomic mass is 16.5. The fourth-order valence-corrected chi connectivity index (χ4v) is 1.81. The van der Waals surface area contributed by atoms with Crippen molar-refractivity contribution in [3.05, 3.63) is 48.0 Å². The van der Waals surface area contributed by atoms with Gasteiger partial charge in [0, 0.05) is 19.4 Å². The fraction of sp³-hybridized carbons (Fsp3) is 0.400. The van der Waals surface area contributed by atoms with Crippen molar-refractivity contribution in [1.29, 1.82) is 0 Å². The molecule has 0 aliphatic heterocycles. The van der Waals surface area contributed by atoms with Gasteiger partial charge in [-0.1, -0.05) is 26.0 Å². The number of imidazole rings is 1. The first kappa shape index (κ1) is 12.7. The second-order valence-corrected chi connectivity index (χ2v) is 4.62. The van der Waals surface area contributed by atoms with Gasteiger partial charge in [0.15, 0.2) is 0 Å². The molecule has 0 N–H and O–H groups in total. The molecule has 1 aromatic carbocycles. The van der Waals surface area contributed by atoms with E-state index < -0.39 is 0 Å². The van der Waals surface area contributed by atoms with E-state index in [0.717, 1.165) is 18.0 Å². The van der Waals surface area contributed by atoms with Gasteiger partial charge in [-0.25, -0.2) is 4.98 Å². The quantitative estimate of drug-likeness (QED) is 0.804. The molecule has 2 rings (SSSR count). The van der Waals surface area contributed by atoms with Crippen molar-refractivity contribution in [3.8, 4) is 5.75 Å². The normalized spacial score (nSPS) is 12.4. The summed E-state index contributed by atoms with van der Waals surface area (Å²) in [5.41, 5.74) is 1.36. The lowest BCUT2D eigenvalue weighted by Gasteiger charge is -2.10. The number of ether oxygens (including phenoxy) is 1. The maximum Gasteiger partial charge on any atom is 0.146 e. The first-order valence-electron chi connectivity index (χ1n) is 6.39. The molecular formula is C15H20N2O. The van der Waals surface area contributed by atoms with Crippen molar-refractivity contribution in [2.75, 3.05) is 0 Å². The van der Waals surface area contributed by atoms with Crippen LogP contribution in [0, 0.1) is 0 Å². The topological polar surface area (TPSA) is 27.1 Å². The van der Waals surface area contributed by atoms with E-state index in [-0.39, 0.29) is 0 Å². The summed E-state index contributed by atoms with van der Waals surface area (Å²) in [6.45, 7) is 4.95. The third-order valence-corrected chi connectivity index (χ3v) is 3.35. The predicted octanol–water partition coefficient (Wildman–Crippen LogP) is 3.51. The highest BCUT2D eigenvalue weighted by Crippen LogP contribution is 2.21. The van der Waals surface area contributed by atoms with Crippen LogP contribution in [-0.2, 0) is 13.7 Å². The highest BCUT2D eigenvalue weighted by Gasteiger charge is 2.04. The van der Waals surface area contributed by atoms with Gasteiger partial charge in [0.2, 0.25) is 0 Å². The fourth-order valence-electron chi connectivity index (χ4n) is 1.81. The van der Waals surface area contributed by atoms with Crippen molar-refractivity contribution >= 4 is 0 Å². The molecule has 0 saturated carbocycles. The van der Waals surface area contributed by atoms with E-state index in [4.69, 9.17) is 4.74 Å². The molecule has 0 unspecified atom stereocenters. The molecule has 1 heterocycles. The first-order chi connectivity index (χ1) is 8.70. The molecule has 0 aliphatic rings. The van der Waals surface area contributed by atoms with Gasteiger partial charge in [0.25, 0.3) is 0 Å². The molecule has 1 atom stereocenters. The Morgan fingerprint density at radius 3 is 2.56 bits per heavy atom. The molecule has 0 fully saturated rings. The van der Waals surface area contributed by atoms with Gasteiger partial charge in [-0.15, -0.1) is 0 Å². The van der Waals surface area contributed by atoms with Gasteiger partial charge in [0.1, 0.15) is 18.2 Å². The third kappa shape index (κ3) is 2.92. The Labute approximate surface area is 108 Å². The zero-order chi connectivity index (χ0) is 13.0. The maximum atomic E-state index is 5.72. The van der Waals surface area contributed by atoms with Crippen molar-refractivity contribution in [3.63, 3.8) is 0 Å². The van der Waals surface area contributed by atoms with Crippen LogP contribution in [-0.4, -0.2) is 9.55 Å². The minimum Gasteiger partial charge on any atom is -0.486 e. The summed E-state index contributed by atoms with van der Waals surface area (Å²) in [5.74, 6) is 2.43. The Morgan fingerprint density at radius 1 is 1.28 bits per heavy atom. The average molecular weight is 244 g/mol. The van der Waals surface area contributed by atoms with Crippen molar-refractivity contribution in [2.45, 2.75) is 32.8 Å². The number of nitrogens with zero attached hydrogens (tertiary/aromatic N) is 2. The van der Waals surface area contributed by atoms with Crippen LogP contribution in [0.15, 0.2) is 36.7 Å². The van der Waals surface area contributed by atoms with Gasteiger partial charge in [-0.05, 0) is 30.0 Å². The molecule has 0 amide bonds. The molecule has 0 saturated heterocycles. The number of hydrogen-bond acceptors (Lipinski definition) is 2. The summed E-state index contributed by atoms with van der Waals surface area (Å²) >= 11 is 0. The van der Waals surface area contributed by atoms with Gasteiger partial charge in [-0.2, -0.15) is 0 Å². The maximum absolute atomic E-state index is 5.72. The molecule has 96 valence electrons. The second-order valence-electron chi connectivity index (χ2n) is 4.62. The van der Waals surface area contributed by atoms with Crippen molar-refractivity contribution in [2.24, 2.45) is 7.05 Å². The Hall–Kier alpha value is -1.77. The molecule has 3 nitrogen and oxygen atoms in total. The number of aryl methyl sites for hydroxylation is 1. The minimum atomic E-state index is 0.506. The Balaban J connectivity index is 1.96. The number of hydrogen-bond donors (Lipinski definition) is 0. The second kappa shape index (κ2) is 5.71. The summed E-state index contributed by atoms with van der Waals surface area (Å²) in [6.07, 6.45) is 4.86. The molecule has 3 heteroatoms. The Morgan fingerprint density at radius 2 is 2.00 bits per heavy atom. The number of rotatable bonds is 5. The smallest absolute Gasteiger partial charge is 0.146 e. The van der Waals surface area contributed by atoms with Crippen LogP contribution >= 0.6 is 0 Å². The highest BCUT2D eigenvalue weighted by molar-refractivity contribution is 5.29. The average Bonchev–Trinajstić information content (AvgIpc) is 2.81. The van der Waals surface area contributed by atoms with Crippen LogP contribution in [0.1, 0.15) is 37.6 Å². The predicted molar refractivity (Wildman–Crippen MR) is 72.7 cm³/mol. The molecule has 0 radical (unpaired) electrons. The Bertz CT molecular complexity index is 487. The number of benzene rings is 1. The van der Waals surface area contributed by atoms with Gasteiger partial charge < -0.3 is 9.30 Å². The molecular weight excluding hydrogens is 224 g/mol. The van der Waals surface area contributed by atoms with E-state index >= 15 is 0 Å². The zero-order valence-electron chi connectivity index (χ0n) is 11.3. The van der Waals surface area contributed by atoms with Crippen LogP contribution in [0.3, 0.4) is 0 Å². The molecule has 0 spiro atoms. The SMILES string of the molecule is CC[C@@H](C)c1ccc(OCc2nccn2C)cc1. The van der Waals surface area contributed by atoms with Gasteiger partial charge in [0.05, 0.1) is 0 Å². The van der Waals surface area contributed by atoms with E-state index in [0.29, 0.717) is 12.5 Å². The third-order valence-electron chi connectivity index (χ3n) is 3.35. The largest absolute Gasteiger partial charge is 0.486 e. The van der Waals surface area contributed by atoms with Crippen molar-refractivity contribution in [1.82, 2.24) is 9.55 Å². The molecule has 0 bridgehead atoms. The Kier molecular flexibility index (Phi) is 4.03. The lowest BCUT2D eigenvalue weighted by Crippen LogP contribution is -2.03. The van der Waals surface area contributed by atoms with Crippen LogP contribution in [0.5, 0.6) is 5.75 Å². The summed E-state index contributed by atoms with van der Waals surface area (Å²) < 4.78 is 7.68. The summed E-state index contributed by atoms with van der Waals surface area (Å²) in [5, 5.41) is 0. The van der Waals surface area contributed by atoms with E-state index in [2.05, 4.69) is 31.0 Å². The molecule has 0 aliphatic carbocycles. The summed E-state index contributed by atoms with van der Waals surface area (Å²) in [7, 11) is 1.97. The standard InChI is InChI=1S/C15H20N2O/c1-4-12(2)13-5-7-14(8-6-13)18-11-15-16-9-10-17(15)3/h5-10,12H,4,11H2,1-3H3/t12-/m1/s1. The van der Waals surface area contributed by atoms with Crippen LogP contribution in [0.25, 0.3) is 0 Å². The minimum absolute atomic E-state index is 0.506. The lowest BCUT2D eigenvalue weighted by atomic mass is 9.99. The monoisotopic (exact) mass is 244 g/mol. The molecule has 2 aromatic rings. The summed E-state index contributed by atoms with van der Waals surface area (Å²) in [4.78, 5) is 4.23. The van der Waals surface area contributed by atoms with Crippen LogP contribution in [0.4, 0.5) is 0 Å². The van der Waals surface area contributed by atoms with Gasteiger partial charge >= 0.3 is 0 Å². The van der Waals surface area contributed by atoms with Crippen LogP contribution in [0.2, 0.25) is 0 Å². The first-order valence-corrected chi connectivity index (χ1v) is 6.39. The van der Waals surface area contributed by atoms with E-state index in [1.165, 1.54) is 5.56 Å². The van der Waals surface area contributed by atoms with Gasteiger partial charge in [-0.3, -0.25) is 0 Å². The zero-order valence-corrected chi connectivity index (χ0v) is 11.3. The lowest BCUT2D eigenvalue weighted by molar-refractivity contribution is 0.291. The van der Waals surface area contributed by atoms with E-state index in [9.17, 15) is 0 Å². The van der Waals surface area contributed by atoms with E-state index in [1.807, 2.05) is 29.9 Å². The molecule has 18 heavy (non-hydrogen) atoms. The van der Waals surface area contributed by atoms with Crippen molar-refractivity contribution < 1.29 is 4.74 Å². The van der Waals surface area contributed by atoms with E-state index in [1.54, 1.807) is 6.20 Å².